The fourth-order valence-corrected chi connectivity index (χ4v) is 1.84. The lowest BCUT2D eigenvalue weighted by atomic mass is 10.1. The van der Waals surface area contributed by atoms with Gasteiger partial charge in [-0.15, -0.1) is 0 Å². The molecule has 0 bridgehead atoms. The first-order valence-corrected chi connectivity index (χ1v) is 6.26. The number of nitrogens with one attached hydrogen (secondary N) is 1. The van der Waals surface area contributed by atoms with Crippen LogP contribution in [-0.2, 0) is 6.61 Å². The summed E-state index contributed by atoms with van der Waals surface area (Å²) in [5, 5.41) is 27.8. The molecule has 0 fully saturated rings. The van der Waals surface area contributed by atoms with Crippen LogP contribution in [0.2, 0.25) is 0 Å². The van der Waals surface area contributed by atoms with E-state index in [-0.39, 0.29) is 11.4 Å². The third kappa shape index (κ3) is 3.27. The number of pyridine rings is 1. The number of benzene rings is 1. The SMILES string of the molecule is O=C(NO)c1ncc(/C=C/c2ccc(F)cc2)c(CO)c1O. The number of carbonyl (C=O) groups excluding carboxylic acids is 1. The number of amides is 1. The van der Waals surface area contributed by atoms with Crippen molar-refractivity contribution < 1.29 is 24.6 Å². The number of rotatable bonds is 4. The first kappa shape index (κ1) is 15.6. The summed E-state index contributed by atoms with van der Waals surface area (Å²) < 4.78 is 12.8. The highest BCUT2D eigenvalue weighted by Crippen LogP contribution is 2.25. The fraction of sp³-hybridized carbons (Fsp3) is 0.0667. The first-order chi connectivity index (χ1) is 10.6. The summed E-state index contributed by atoms with van der Waals surface area (Å²) in [6.45, 7) is -0.525. The van der Waals surface area contributed by atoms with Crippen molar-refractivity contribution in [1.29, 1.82) is 0 Å². The molecule has 1 aromatic heterocycles. The zero-order valence-electron chi connectivity index (χ0n) is 11.3. The highest BCUT2D eigenvalue weighted by Gasteiger charge is 2.17. The molecule has 0 radical (unpaired) electrons. The molecule has 1 amide bonds. The van der Waals surface area contributed by atoms with Crippen molar-refractivity contribution in [3.05, 3.63) is 58.7 Å². The van der Waals surface area contributed by atoms with Crippen LogP contribution >= 0.6 is 0 Å². The van der Waals surface area contributed by atoms with Crippen molar-refractivity contribution in [3.63, 3.8) is 0 Å². The predicted molar refractivity (Wildman–Crippen MR) is 76.4 cm³/mol. The van der Waals surface area contributed by atoms with Crippen molar-refractivity contribution in [2.24, 2.45) is 0 Å². The molecule has 0 atom stereocenters. The summed E-state index contributed by atoms with van der Waals surface area (Å²) >= 11 is 0. The van der Waals surface area contributed by atoms with Gasteiger partial charge in [-0.25, -0.2) is 14.9 Å². The smallest absolute Gasteiger partial charge is 0.297 e. The Morgan fingerprint density at radius 1 is 1.27 bits per heavy atom. The van der Waals surface area contributed by atoms with E-state index in [1.165, 1.54) is 23.8 Å². The van der Waals surface area contributed by atoms with Crippen LogP contribution < -0.4 is 5.48 Å². The molecule has 0 saturated carbocycles. The molecule has 1 aromatic carbocycles. The Morgan fingerprint density at radius 2 is 1.95 bits per heavy atom. The largest absolute Gasteiger partial charge is 0.505 e. The van der Waals surface area contributed by atoms with Gasteiger partial charge in [0.25, 0.3) is 5.91 Å². The van der Waals surface area contributed by atoms with Gasteiger partial charge >= 0.3 is 0 Å². The van der Waals surface area contributed by atoms with Gasteiger partial charge in [-0.05, 0) is 17.7 Å². The van der Waals surface area contributed by atoms with Crippen LogP contribution in [0, 0.1) is 5.82 Å². The van der Waals surface area contributed by atoms with Crippen LogP contribution in [0.1, 0.15) is 27.2 Å². The van der Waals surface area contributed by atoms with E-state index in [2.05, 4.69) is 4.98 Å². The second kappa shape index (κ2) is 6.79. The van der Waals surface area contributed by atoms with Gasteiger partial charge in [0, 0.05) is 17.3 Å². The number of carbonyl (C=O) groups is 1. The van der Waals surface area contributed by atoms with Crippen molar-refractivity contribution in [2.45, 2.75) is 6.61 Å². The molecule has 0 aliphatic carbocycles. The van der Waals surface area contributed by atoms with Crippen LogP contribution in [0.4, 0.5) is 4.39 Å². The van der Waals surface area contributed by atoms with Gasteiger partial charge in [0.1, 0.15) is 5.82 Å². The van der Waals surface area contributed by atoms with E-state index in [1.54, 1.807) is 24.3 Å². The molecule has 4 N–H and O–H groups in total. The Bertz CT molecular complexity index is 714. The summed E-state index contributed by atoms with van der Waals surface area (Å²) in [6.07, 6.45) is 4.48. The van der Waals surface area contributed by atoms with E-state index < -0.39 is 24.0 Å². The Morgan fingerprint density at radius 3 is 2.55 bits per heavy atom. The molecule has 114 valence electrons. The standard InChI is InChI=1S/C15H13FN2O4/c16-11-5-2-9(3-6-11)1-4-10-7-17-13(15(21)18-22)14(20)12(10)8-19/h1-7,19-20,22H,8H2,(H,18,21)/b4-1+. The topological polar surface area (TPSA) is 103 Å². The molecular weight excluding hydrogens is 291 g/mol. The van der Waals surface area contributed by atoms with Gasteiger partial charge in [0.15, 0.2) is 11.4 Å². The maximum atomic E-state index is 12.8. The zero-order chi connectivity index (χ0) is 16.1. The first-order valence-electron chi connectivity index (χ1n) is 6.26. The van der Waals surface area contributed by atoms with E-state index >= 15 is 0 Å². The number of hydroxylamine groups is 1. The second-order valence-corrected chi connectivity index (χ2v) is 4.37. The molecule has 0 unspecified atom stereocenters. The number of hydrogen-bond donors (Lipinski definition) is 4. The molecule has 0 spiro atoms. The van der Waals surface area contributed by atoms with Gasteiger partial charge < -0.3 is 10.2 Å². The van der Waals surface area contributed by atoms with Crippen LogP contribution in [-0.4, -0.2) is 26.3 Å². The van der Waals surface area contributed by atoms with Gasteiger partial charge in [0.05, 0.1) is 6.61 Å². The summed E-state index contributed by atoms with van der Waals surface area (Å²) in [4.78, 5) is 15.0. The maximum absolute atomic E-state index is 12.8. The van der Waals surface area contributed by atoms with Gasteiger partial charge in [-0.1, -0.05) is 24.3 Å². The normalized spacial score (nSPS) is 10.9. The van der Waals surface area contributed by atoms with Crippen molar-refractivity contribution in [3.8, 4) is 5.75 Å². The lowest BCUT2D eigenvalue weighted by Crippen LogP contribution is -2.20. The predicted octanol–water partition coefficient (Wildman–Crippen LogP) is 1.71. The Labute approximate surface area is 125 Å². The lowest BCUT2D eigenvalue weighted by molar-refractivity contribution is 0.0697. The van der Waals surface area contributed by atoms with Crippen molar-refractivity contribution in [1.82, 2.24) is 10.5 Å². The Balaban J connectivity index is 2.37. The summed E-state index contributed by atoms with van der Waals surface area (Å²) in [7, 11) is 0. The highest BCUT2D eigenvalue weighted by atomic mass is 19.1. The third-order valence-corrected chi connectivity index (χ3v) is 2.99. The van der Waals surface area contributed by atoms with Crippen LogP contribution in [0.3, 0.4) is 0 Å². The zero-order valence-corrected chi connectivity index (χ0v) is 11.3. The molecule has 0 aliphatic rings. The van der Waals surface area contributed by atoms with Gasteiger partial charge in [0.2, 0.25) is 0 Å². The van der Waals surface area contributed by atoms with E-state index in [0.717, 1.165) is 0 Å². The second-order valence-electron chi connectivity index (χ2n) is 4.37. The Hall–Kier alpha value is -2.77. The molecule has 2 rings (SSSR count). The highest BCUT2D eigenvalue weighted by molar-refractivity contribution is 5.95. The molecule has 22 heavy (non-hydrogen) atoms. The van der Waals surface area contributed by atoms with E-state index in [4.69, 9.17) is 5.21 Å². The summed E-state index contributed by atoms with van der Waals surface area (Å²) in [5.74, 6) is -1.86. The number of aromatic nitrogens is 1. The lowest BCUT2D eigenvalue weighted by Gasteiger charge is -2.09. The average Bonchev–Trinajstić information content (AvgIpc) is 2.53. The molecule has 0 saturated heterocycles. The van der Waals surface area contributed by atoms with E-state index in [9.17, 15) is 19.4 Å². The molecule has 1 heterocycles. The minimum atomic E-state index is -0.985. The number of aliphatic hydroxyl groups is 1. The number of hydrogen-bond acceptors (Lipinski definition) is 5. The number of aromatic hydroxyl groups is 1. The quantitative estimate of drug-likeness (QED) is 0.508. The maximum Gasteiger partial charge on any atom is 0.297 e. The number of halogens is 1. The van der Waals surface area contributed by atoms with Crippen molar-refractivity contribution in [2.75, 3.05) is 0 Å². The molecule has 2 aromatic rings. The van der Waals surface area contributed by atoms with E-state index in [1.807, 2.05) is 0 Å². The fourth-order valence-electron chi connectivity index (χ4n) is 1.84. The van der Waals surface area contributed by atoms with E-state index in [0.29, 0.717) is 11.1 Å². The average molecular weight is 304 g/mol. The number of nitrogens with zero attached hydrogens (tertiary/aromatic N) is 1. The van der Waals surface area contributed by atoms with Crippen molar-refractivity contribution >= 4 is 18.1 Å². The Kier molecular flexibility index (Phi) is 4.82. The van der Waals surface area contributed by atoms with Crippen LogP contribution in [0.5, 0.6) is 5.75 Å². The molecular formula is C15H13FN2O4. The van der Waals surface area contributed by atoms with Crippen LogP contribution in [0.25, 0.3) is 12.2 Å². The number of aliphatic hydroxyl groups excluding tert-OH is 1. The monoisotopic (exact) mass is 304 g/mol. The third-order valence-electron chi connectivity index (χ3n) is 2.99. The summed E-state index contributed by atoms with van der Waals surface area (Å²) in [5.41, 5.74) is 2.15. The molecule has 6 nitrogen and oxygen atoms in total. The molecule has 0 aliphatic heterocycles. The molecule has 7 heteroatoms. The minimum absolute atomic E-state index is 0.0898. The van der Waals surface area contributed by atoms with Gasteiger partial charge in [-0.3, -0.25) is 10.0 Å². The summed E-state index contributed by atoms with van der Waals surface area (Å²) in [6, 6.07) is 5.73. The van der Waals surface area contributed by atoms with Crippen LogP contribution in [0.15, 0.2) is 30.5 Å². The minimum Gasteiger partial charge on any atom is -0.505 e. The van der Waals surface area contributed by atoms with Gasteiger partial charge in [-0.2, -0.15) is 0 Å².